The molecule has 0 saturated carbocycles. The SMILES string of the molecule is CC(C)(C)c1nnc(SCc2cccc(F)c2F)n1N. The van der Waals surface area contributed by atoms with Gasteiger partial charge in [0.2, 0.25) is 5.16 Å². The van der Waals surface area contributed by atoms with E-state index >= 15 is 0 Å². The van der Waals surface area contributed by atoms with Crippen LogP contribution >= 0.6 is 11.8 Å². The van der Waals surface area contributed by atoms with E-state index in [0.717, 1.165) is 6.07 Å². The summed E-state index contributed by atoms with van der Waals surface area (Å²) in [5.74, 6) is 5.11. The highest BCUT2D eigenvalue weighted by Gasteiger charge is 2.23. The lowest BCUT2D eigenvalue weighted by Gasteiger charge is -2.16. The summed E-state index contributed by atoms with van der Waals surface area (Å²) >= 11 is 1.22. The Balaban J connectivity index is 2.16. The average Bonchev–Trinajstić information content (AvgIpc) is 2.72. The Bertz CT molecular complexity index is 619. The molecule has 4 nitrogen and oxygen atoms in total. The number of nitrogens with two attached hydrogens (primary N) is 1. The summed E-state index contributed by atoms with van der Waals surface area (Å²) in [5.41, 5.74) is 0.0420. The molecule has 0 radical (unpaired) electrons. The molecular weight excluding hydrogens is 282 g/mol. The van der Waals surface area contributed by atoms with Crippen molar-refractivity contribution in [3.8, 4) is 0 Å². The fourth-order valence-electron chi connectivity index (χ4n) is 1.69. The van der Waals surface area contributed by atoms with Crippen LogP contribution in [0.2, 0.25) is 0 Å². The molecule has 20 heavy (non-hydrogen) atoms. The van der Waals surface area contributed by atoms with Crippen LogP contribution in [0.5, 0.6) is 0 Å². The second-order valence-corrected chi connectivity index (χ2v) is 6.37. The summed E-state index contributed by atoms with van der Waals surface area (Å²) in [5, 5.41) is 8.49. The van der Waals surface area contributed by atoms with Crippen LogP contribution < -0.4 is 5.84 Å². The molecule has 1 heterocycles. The van der Waals surface area contributed by atoms with Gasteiger partial charge in [-0.25, -0.2) is 13.5 Å². The first-order chi connectivity index (χ1) is 9.30. The molecule has 0 aliphatic heterocycles. The number of halogens is 2. The van der Waals surface area contributed by atoms with Crippen LogP contribution in [0, 0.1) is 11.6 Å². The lowest BCUT2D eigenvalue weighted by atomic mass is 9.96. The van der Waals surface area contributed by atoms with Crippen molar-refractivity contribution < 1.29 is 8.78 Å². The first kappa shape index (κ1) is 14.8. The molecular formula is C13H16F2N4S. The van der Waals surface area contributed by atoms with Gasteiger partial charge in [0, 0.05) is 16.7 Å². The monoisotopic (exact) mass is 298 g/mol. The van der Waals surface area contributed by atoms with Crippen molar-refractivity contribution in [1.29, 1.82) is 0 Å². The fourth-order valence-corrected chi connectivity index (χ4v) is 2.52. The Labute approximate surface area is 120 Å². The van der Waals surface area contributed by atoms with Gasteiger partial charge in [-0.3, -0.25) is 0 Å². The van der Waals surface area contributed by atoms with Crippen LogP contribution in [0.1, 0.15) is 32.2 Å². The van der Waals surface area contributed by atoms with E-state index in [2.05, 4.69) is 10.2 Å². The second kappa shape index (κ2) is 5.40. The van der Waals surface area contributed by atoms with E-state index in [-0.39, 0.29) is 16.7 Å². The number of rotatable bonds is 3. The van der Waals surface area contributed by atoms with Crippen LogP contribution in [0.4, 0.5) is 8.78 Å². The number of thioether (sulfide) groups is 1. The molecule has 1 aromatic heterocycles. The Morgan fingerprint density at radius 1 is 1.25 bits per heavy atom. The number of benzene rings is 1. The highest BCUT2D eigenvalue weighted by Crippen LogP contribution is 2.26. The molecule has 0 amide bonds. The Hall–Kier alpha value is -1.63. The van der Waals surface area contributed by atoms with Crippen molar-refractivity contribution >= 4 is 11.8 Å². The summed E-state index contributed by atoms with van der Waals surface area (Å²) in [7, 11) is 0. The first-order valence-electron chi connectivity index (χ1n) is 6.07. The minimum Gasteiger partial charge on any atom is -0.336 e. The van der Waals surface area contributed by atoms with E-state index in [0.29, 0.717) is 11.0 Å². The zero-order chi connectivity index (χ0) is 14.9. The number of aromatic nitrogens is 3. The first-order valence-corrected chi connectivity index (χ1v) is 7.06. The number of nitrogen functional groups attached to an aromatic ring is 1. The van der Waals surface area contributed by atoms with Crippen molar-refractivity contribution in [3.63, 3.8) is 0 Å². The minimum atomic E-state index is -0.854. The van der Waals surface area contributed by atoms with E-state index in [1.165, 1.54) is 28.6 Å². The number of hydrogen-bond donors (Lipinski definition) is 1. The minimum absolute atomic E-state index is 0.231. The smallest absolute Gasteiger partial charge is 0.210 e. The molecule has 0 spiro atoms. The molecule has 108 valence electrons. The van der Waals surface area contributed by atoms with Crippen LogP contribution in [-0.4, -0.2) is 14.9 Å². The maximum absolute atomic E-state index is 13.5. The van der Waals surface area contributed by atoms with Gasteiger partial charge in [0.05, 0.1) is 0 Å². The predicted octanol–water partition coefficient (Wildman–Crippen LogP) is 2.86. The van der Waals surface area contributed by atoms with Crippen molar-refractivity contribution in [3.05, 3.63) is 41.2 Å². The van der Waals surface area contributed by atoms with Crippen LogP contribution in [0.25, 0.3) is 0 Å². The van der Waals surface area contributed by atoms with E-state index in [4.69, 9.17) is 5.84 Å². The molecule has 0 bridgehead atoms. The maximum Gasteiger partial charge on any atom is 0.210 e. The Kier molecular flexibility index (Phi) is 3.99. The quantitative estimate of drug-likeness (QED) is 0.699. The van der Waals surface area contributed by atoms with E-state index in [1.54, 1.807) is 0 Å². The molecule has 2 rings (SSSR count). The zero-order valence-corrected chi connectivity index (χ0v) is 12.3. The molecule has 0 unspecified atom stereocenters. The highest BCUT2D eigenvalue weighted by molar-refractivity contribution is 7.98. The lowest BCUT2D eigenvalue weighted by Crippen LogP contribution is -2.24. The third-order valence-corrected chi connectivity index (χ3v) is 3.72. The standard InChI is InChI=1S/C13H16F2N4S/c1-13(2,3)11-17-18-12(19(11)16)20-7-8-5-4-6-9(14)10(8)15/h4-6H,7,16H2,1-3H3. The van der Waals surface area contributed by atoms with Gasteiger partial charge in [0.1, 0.15) is 0 Å². The second-order valence-electron chi connectivity index (χ2n) is 5.43. The van der Waals surface area contributed by atoms with Gasteiger partial charge in [-0.15, -0.1) is 10.2 Å². The lowest BCUT2D eigenvalue weighted by molar-refractivity contribution is 0.502. The summed E-state index contributed by atoms with van der Waals surface area (Å²) in [6.45, 7) is 5.92. The summed E-state index contributed by atoms with van der Waals surface area (Å²) in [6.07, 6.45) is 0. The van der Waals surface area contributed by atoms with Crippen molar-refractivity contribution in [2.24, 2.45) is 0 Å². The van der Waals surface area contributed by atoms with Crippen LogP contribution in [-0.2, 0) is 11.2 Å². The molecule has 0 atom stereocenters. The summed E-state index contributed by atoms with van der Waals surface area (Å²) < 4.78 is 28.0. The average molecular weight is 298 g/mol. The molecule has 0 fully saturated rings. The third kappa shape index (κ3) is 2.92. The Morgan fingerprint density at radius 2 is 1.95 bits per heavy atom. The Morgan fingerprint density at radius 3 is 2.55 bits per heavy atom. The summed E-state index contributed by atoms with van der Waals surface area (Å²) in [4.78, 5) is 0. The molecule has 0 aliphatic rings. The van der Waals surface area contributed by atoms with Gasteiger partial charge in [-0.1, -0.05) is 44.7 Å². The topological polar surface area (TPSA) is 56.7 Å². The molecule has 1 aromatic carbocycles. The van der Waals surface area contributed by atoms with E-state index in [1.807, 2.05) is 20.8 Å². The van der Waals surface area contributed by atoms with Crippen molar-refractivity contribution in [2.45, 2.75) is 37.1 Å². The highest BCUT2D eigenvalue weighted by atomic mass is 32.2. The molecule has 7 heteroatoms. The zero-order valence-electron chi connectivity index (χ0n) is 11.5. The molecule has 2 aromatic rings. The van der Waals surface area contributed by atoms with Gasteiger partial charge >= 0.3 is 0 Å². The van der Waals surface area contributed by atoms with Gasteiger partial charge in [-0.2, -0.15) is 0 Å². The maximum atomic E-state index is 13.5. The van der Waals surface area contributed by atoms with Gasteiger partial charge in [-0.05, 0) is 6.07 Å². The van der Waals surface area contributed by atoms with Crippen LogP contribution in [0.3, 0.4) is 0 Å². The van der Waals surface area contributed by atoms with E-state index in [9.17, 15) is 8.78 Å². The van der Waals surface area contributed by atoms with Crippen molar-refractivity contribution in [2.75, 3.05) is 5.84 Å². The predicted molar refractivity (Wildman–Crippen MR) is 74.8 cm³/mol. The third-order valence-electron chi connectivity index (χ3n) is 2.72. The molecule has 2 N–H and O–H groups in total. The molecule has 0 saturated heterocycles. The molecule has 0 aliphatic carbocycles. The van der Waals surface area contributed by atoms with Crippen LogP contribution in [0.15, 0.2) is 23.4 Å². The van der Waals surface area contributed by atoms with E-state index < -0.39 is 11.6 Å². The fraction of sp³-hybridized carbons (Fsp3) is 0.385. The van der Waals surface area contributed by atoms with Gasteiger partial charge < -0.3 is 5.84 Å². The largest absolute Gasteiger partial charge is 0.336 e. The van der Waals surface area contributed by atoms with Gasteiger partial charge in [0.15, 0.2) is 17.5 Å². The number of nitrogens with zero attached hydrogens (tertiary/aromatic N) is 3. The normalized spacial score (nSPS) is 11.8. The van der Waals surface area contributed by atoms with Gasteiger partial charge in [0.25, 0.3) is 0 Å². The number of hydrogen-bond acceptors (Lipinski definition) is 4. The van der Waals surface area contributed by atoms with Crippen molar-refractivity contribution in [1.82, 2.24) is 14.9 Å². The summed E-state index contributed by atoms with van der Waals surface area (Å²) in [6, 6.07) is 4.10.